The van der Waals surface area contributed by atoms with Crippen LogP contribution in [0.25, 0.3) is 0 Å². The molecule has 7 N–H and O–H groups in total. The second kappa shape index (κ2) is 37.5. The van der Waals surface area contributed by atoms with Crippen molar-refractivity contribution in [2.75, 3.05) is 33.0 Å². The molecule has 2 aliphatic rings. The van der Waals surface area contributed by atoms with Crippen LogP contribution in [0.15, 0.2) is 24.3 Å². The standard InChI is InChI=1S/C49H90O14/c1-3-5-7-9-11-13-14-15-16-17-18-19-20-21-22-23-25-27-29-31-33-58-35-38(61-41(51)32-30-28-26-24-12-10-8-6-4-2)36-59-48-47(57)45(55)43(53)40(63-48)37-60-49-46(56)44(54)42(52)39(34-50)62-49/h11,13,15-16,38-40,42-50,52-57H,3-10,12,14,17-37H2,1-2H3/b13-11-,16-15-. The minimum atomic E-state index is -1.70. The van der Waals surface area contributed by atoms with Crippen molar-refractivity contribution in [2.24, 2.45) is 0 Å². The number of unbranched alkanes of at least 4 members (excludes halogenated alkanes) is 21. The Hall–Kier alpha value is -1.53. The Morgan fingerprint density at radius 3 is 1.56 bits per heavy atom. The van der Waals surface area contributed by atoms with Crippen LogP contribution in [-0.4, -0.2) is 142 Å². The van der Waals surface area contributed by atoms with E-state index in [9.17, 15) is 40.5 Å². The summed E-state index contributed by atoms with van der Waals surface area (Å²) in [5.74, 6) is -0.380. The van der Waals surface area contributed by atoms with E-state index in [2.05, 4.69) is 38.2 Å². The lowest BCUT2D eigenvalue weighted by Crippen LogP contribution is -2.61. The van der Waals surface area contributed by atoms with Gasteiger partial charge in [-0.3, -0.25) is 4.79 Å². The Kier molecular flexibility index (Phi) is 34.3. The van der Waals surface area contributed by atoms with Crippen LogP contribution in [0.2, 0.25) is 0 Å². The zero-order chi connectivity index (χ0) is 45.9. The van der Waals surface area contributed by atoms with Gasteiger partial charge in [0.15, 0.2) is 12.6 Å². The first-order valence-corrected chi connectivity index (χ1v) is 24.9. The van der Waals surface area contributed by atoms with Gasteiger partial charge in [-0.15, -0.1) is 0 Å². The van der Waals surface area contributed by atoms with E-state index in [1.54, 1.807) is 0 Å². The number of aliphatic hydroxyl groups is 7. The predicted molar refractivity (Wildman–Crippen MR) is 243 cm³/mol. The van der Waals surface area contributed by atoms with Crippen molar-refractivity contribution in [1.29, 1.82) is 0 Å². The van der Waals surface area contributed by atoms with E-state index in [0.29, 0.717) is 13.0 Å². The van der Waals surface area contributed by atoms with Gasteiger partial charge in [-0.05, 0) is 44.9 Å². The zero-order valence-corrected chi connectivity index (χ0v) is 39.1. The molecule has 0 aromatic rings. The van der Waals surface area contributed by atoms with E-state index < -0.39 is 80.7 Å². The van der Waals surface area contributed by atoms with Gasteiger partial charge in [0.05, 0.1) is 26.4 Å². The molecule has 2 fully saturated rings. The number of rotatable bonds is 39. The molecule has 0 radical (unpaired) electrons. The number of allylic oxidation sites excluding steroid dienone is 4. The molecule has 11 unspecified atom stereocenters. The third-order valence-electron chi connectivity index (χ3n) is 12.0. The van der Waals surface area contributed by atoms with Gasteiger partial charge in [0.25, 0.3) is 0 Å². The number of hydrogen-bond donors (Lipinski definition) is 7. The fourth-order valence-electron chi connectivity index (χ4n) is 7.84. The molecule has 0 aromatic carbocycles. The van der Waals surface area contributed by atoms with Crippen LogP contribution in [-0.2, 0) is 33.2 Å². The molecule has 14 nitrogen and oxygen atoms in total. The number of esters is 1. The smallest absolute Gasteiger partial charge is 0.306 e. The van der Waals surface area contributed by atoms with E-state index in [4.69, 9.17) is 28.4 Å². The zero-order valence-electron chi connectivity index (χ0n) is 39.1. The van der Waals surface area contributed by atoms with Crippen molar-refractivity contribution in [3.8, 4) is 0 Å². The topological polar surface area (TPSA) is 214 Å². The molecule has 0 aliphatic carbocycles. The van der Waals surface area contributed by atoms with E-state index in [0.717, 1.165) is 44.9 Å². The molecule has 11 atom stereocenters. The molecular formula is C49H90O14. The number of ether oxygens (including phenoxy) is 6. The second-order valence-electron chi connectivity index (χ2n) is 17.6. The van der Waals surface area contributed by atoms with Crippen molar-refractivity contribution in [3.63, 3.8) is 0 Å². The minimum absolute atomic E-state index is 0.0626. The monoisotopic (exact) mass is 903 g/mol. The first-order chi connectivity index (χ1) is 30.6. The van der Waals surface area contributed by atoms with Gasteiger partial charge in [0.2, 0.25) is 0 Å². The highest BCUT2D eigenvalue weighted by atomic mass is 16.7. The maximum atomic E-state index is 12.9. The molecule has 2 saturated heterocycles. The lowest BCUT2D eigenvalue weighted by Gasteiger charge is -2.42. The molecule has 2 rings (SSSR count). The Labute approximate surface area is 379 Å². The molecule has 2 aliphatic heterocycles. The van der Waals surface area contributed by atoms with Gasteiger partial charge in [0, 0.05) is 13.0 Å². The highest BCUT2D eigenvalue weighted by Crippen LogP contribution is 2.26. The number of carbonyl (C=O) groups is 1. The SMILES string of the molecule is CCCCC/C=C\C/C=C\CCCCCCCCCCCCOCC(COC1OC(COC2OC(CO)C(O)C(O)C2O)C(O)C(O)C1O)OC(=O)CCCCCCCCCCC. The predicted octanol–water partition coefficient (Wildman–Crippen LogP) is 6.85. The fourth-order valence-corrected chi connectivity index (χ4v) is 7.84. The summed E-state index contributed by atoms with van der Waals surface area (Å²) in [5.41, 5.74) is 0. The Morgan fingerprint density at radius 2 is 0.984 bits per heavy atom. The fraction of sp³-hybridized carbons (Fsp3) is 0.898. The summed E-state index contributed by atoms with van der Waals surface area (Å²) in [5, 5.41) is 71.9. The molecule has 370 valence electrons. The van der Waals surface area contributed by atoms with Crippen LogP contribution in [0.1, 0.15) is 181 Å². The van der Waals surface area contributed by atoms with E-state index in [1.165, 1.54) is 109 Å². The molecule has 14 heteroatoms. The van der Waals surface area contributed by atoms with Gasteiger partial charge in [0.1, 0.15) is 54.9 Å². The third-order valence-corrected chi connectivity index (χ3v) is 12.0. The molecule has 0 aromatic heterocycles. The second-order valence-corrected chi connectivity index (χ2v) is 17.6. The summed E-state index contributed by atoms with van der Waals surface area (Å²) in [7, 11) is 0. The first kappa shape index (κ1) is 57.6. The Balaban J connectivity index is 1.73. The van der Waals surface area contributed by atoms with Gasteiger partial charge in [-0.25, -0.2) is 0 Å². The van der Waals surface area contributed by atoms with Crippen molar-refractivity contribution in [1.82, 2.24) is 0 Å². The first-order valence-electron chi connectivity index (χ1n) is 24.9. The van der Waals surface area contributed by atoms with Crippen LogP contribution >= 0.6 is 0 Å². The van der Waals surface area contributed by atoms with Crippen molar-refractivity contribution in [3.05, 3.63) is 24.3 Å². The normalized spacial score (nSPS) is 27.1. The number of hydrogen-bond acceptors (Lipinski definition) is 14. The van der Waals surface area contributed by atoms with Gasteiger partial charge in [-0.2, -0.15) is 0 Å². The minimum Gasteiger partial charge on any atom is -0.457 e. The largest absolute Gasteiger partial charge is 0.457 e. The van der Waals surface area contributed by atoms with E-state index >= 15 is 0 Å². The van der Waals surface area contributed by atoms with Crippen molar-refractivity contribution >= 4 is 5.97 Å². The summed E-state index contributed by atoms with van der Waals surface area (Å²) < 4.78 is 34.2. The Bertz CT molecular complexity index is 1140. The quantitative estimate of drug-likeness (QED) is 0.0191. The Morgan fingerprint density at radius 1 is 0.524 bits per heavy atom. The molecule has 0 bridgehead atoms. The van der Waals surface area contributed by atoms with Crippen LogP contribution in [0.3, 0.4) is 0 Å². The lowest BCUT2D eigenvalue weighted by molar-refractivity contribution is -0.332. The molecular weight excluding hydrogens is 813 g/mol. The highest BCUT2D eigenvalue weighted by molar-refractivity contribution is 5.69. The molecule has 0 spiro atoms. The van der Waals surface area contributed by atoms with Crippen LogP contribution in [0.5, 0.6) is 0 Å². The maximum absolute atomic E-state index is 12.9. The summed E-state index contributed by atoms with van der Waals surface area (Å²) in [6.45, 7) is 3.64. The van der Waals surface area contributed by atoms with Crippen LogP contribution < -0.4 is 0 Å². The third kappa shape index (κ3) is 25.8. The summed E-state index contributed by atoms with van der Waals surface area (Å²) in [6.07, 6.45) is 22.5. The average Bonchev–Trinajstić information content (AvgIpc) is 3.28. The average molecular weight is 903 g/mol. The van der Waals surface area contributed by atoms with Gasteiger partial charge < -0.3 is 64.2 Å². The highest BCUT2D eigenvalue weighted by Gasteiger charge is 2.47. The summed E-state index contributed by atoms with van der Waals surface area (Å²) in [6, 6.07) is 0. The number of aliphatic hydroxyl groups excluding tert-OH is 7. The van der Waals surface area contributed by atoms with Crippen molar-refractivity contribution < 1.29 is 69.0 Å². The maximum Gasteiger partial charge on any atom is 0.306 e. The summed E-state index contributed by atoms with van der Waals surface area (Å²) >= 11 is 0. The van der Waals surface area contributed by atoms with Crippen LogP contribution in [0, 0.1) is 0 Å². The van der Waals surface area contributed by atoms with Crippen LogP contribution in [0.4, 0.5) is 0 Å². The lowest BCUT2D eigenvalue weighted by atomic mass is 9.98. The van der Waals surface area contributed by atoms with Gasteiger partial charge >= 0.3 is 5.97 Å². The molecule has 63 heavy (non-hydrogen) atoms. The van der Waals surface area contributed by atoms with Crippen molar-refractivity contribution in [2.45, 2.75) is 248 Å². The van der Waals surface area contributed by atoms with Gasteiger partial charge in [-0.1, -0.05) is 154 Å². The number of carbonyl (C=O) groups excluding carboxylic acids is 1. The summed E-state index contributed by atoms with van der Waals surface area (Å²) in [4.78, 5) is 12.9. The molecule has 0 amide bonds. The molecule has 0 saturated carbocycles. The molecule has 2 heterocycles. The van der Waals surface area contributed by atoms with E-state index in [-0.39, 0.29) is 25.6 Å². The van der Waals surface area contributed by atoms with E-state index in [1.807, 2.05) is 0 Å².